The fourth-order valence-corrected chi connectivity index (χ4v) is 2.04. The number of nitrogens with one attached hydrogen (secondary N) is 1. The van der Waals surface area contributed by atoms with Crippen LogP contribution in [0.5, 0.6) is 0 Å². The predicted octanol–water partition coefficient (Wildman–Crippen LogP) is 3.20. The van der Waals surface area contributed by atoms with Crippen LogP contribution in [0.15, 0.2) is 24.3 Å². The van der Waals surface area contributed by atoms with Gasteiger partial charge in [-0.2, -0.15) is 5.26 Å². The molecule has 1 fully saturated rings. The first-order valence-corrected chi connectivity index (χ1v) is 6.32. The van der Waals surface area contributed by atoms with Gasteiger partial charge in [-0.3, -0.25) is 0 Å². The average molecular weight is 228 g/mol. The van der Waals surface area contributed by atoms with E-state index < -0.39 is 0 Å². The molecule has 0 amide bonds. The lowest BCUT2D eigenvalue weighted by molar-refractivity contribution is 0.444. The van der Waals surface area contributed by atoms with E-state index in [9.17, 15) is 0 Å². The third-order valence-corrected chi connectivity index (χ3v) is 3.26. The van der Waals surface area contributed by atoms with Gasteiger partial charge in [0.05, 0.1) is 11.5 Å². The highest BCUT2D eigenvalue weighted by atomic mass is 14.9. The molecule has 0 spiro atoms. The molecule has 1 N–H and O–H groups in total. The zero-order valence-electron chi connectivity index (χ0n) is 10.7. The molecule has 2 rings (SSSR count). The van der Waals surface area contributed by atoms with Crippen LogP contribution in [0.3, 0.4) is 0 Å². The van der Waals surface area contributed by atoms with Gasteiger partial charge in [-0.15, -0.1) is 0 Å². The van der Waals surface area contributed by atoms with Crippen LogP contribution in [-0.2, 0) is 6.54 Å². The lowest BCUT2D eigenvalue weighted by Gasteiger charge is -2.17. The molecule has 0 saturated heterocycles. The molecule has 1 aliphatic rings. The van der Waals surface area contributed by atoms with Crippen molar-refractivity contribution in [1.82, 2.24) is 5.32 Å². The van der Waals surface area contributed by atoms with Crippen molar-refractivity contribution in [2.24, 2.45) is 5.41 Å². The fraction of sp³-hybridized carbons (Fsp3) is 0.533. The minimum Gasteiger partial charge on any atom is -0.311 e. The Kier molecular flexibility index (Phi) is 3.49. The summed E-state index contributed by atoms with van der Waals surface area (Å²) in [4.78, 5) is 0. The smallest absolute Gasteiger partial charge is 0.0697 e. The Labute approximate surface area is 104 Å². The van der Waals surface area contributed by atoms with Gasteiger partial charge in [-0.05, 0) is 43.7 Å². The quantitative estimate of drug-likeness (QED) is 0.840. The van der Waals surface area contributed by atoms with Gasteiger partial charge >= 0.3 is 0 Å². The van der Waals surface area contributed by atoms with Crippen molar-refractivity contribution in [1.29, 1.82) is 5.26 Å². The van der Waals surface area contributed by atoms with Crippen molar-refractivity contribution in [3.63, 3.8) is 0 Å². The van der Waals surface area contributed by atoms with Crippen molar-refractivity contribution in [3.05, 3.63) is 35.4 Å². The summed E-state index contributed by atoms with van der Waals surface area (Å²) in [7, 11) is 0. The predicted molar refractivity (Wildman–Crippen MR) is 69.5 cm³/mol. The number of hydrogen-bond donors (Lipinski definition) is 1. The van der Waals surface area contributed by atoms with Crippen LogP contribution in [0.4, 0.5) is 0 Å². The second-order valence-corrected chi connectivity index (χ2v) is 5.57. The number of nitrogens with zero attached hydrogens (tertiary/aromatic N) is 1. The van der Waals surface area contributed by atoms with Crippen LogP contribution in [0.1, 0.15) is 43.7 Å². The molecule has 0 aromatic heterocycles. The SMILES string of the molecule is CC(C)(C#N)CNCc1ccccc1C1CC1. The molecular formula is C15H20N2. The first-order valence-electron chi connectivity index (χ1n) is 6.32. The molecule has 2 heteroatoms. The van der Waals surface area contributed by atoms with E-state index in [-0.39, 0.29) is 5.41 Å². The van der Waals surface area contributed by atoms with Crippen LogP contribution in [-0.4, -0.2) is 6.54 Å². The van der Waals surface area contributed by atoms with Crippen molar-refractivity contribution in [3.8, 4) is 6.07 Å². The van der Waals surface area contributed by atoms with Crippen LogP contribution >= 0.6 is 0 Å². The molecular weight excluding hydrogens is 208 g/mol. The molecule has 0 unspecified atom stereocenters. The van der Waals surface area contributed by atoms with E-state index in [0.717, 1.165) is 19.0 Å². The number of benzene rings is 1. The molecule has 0 radical (unpaired) electrons. The maximum atomic E-state index is 8.95. The van der Waals surface area contributed by atoms with E-state index in [0.29, 0.717) is 0 Å². The Morgan fingerprint density at radius 3 is 2.71 bits per heavy atom. The summed E-state index contributed by atoms with van der Waals surface area (Å²) < 4.78 is 0. The summed E-state index contributed by atoms with van der Waals surface area (Å²) >= 11 is 0. The van der Waals surface area contributed by atoms with E-state index >= 15 is 0 Å². The summed E-state index contributed by atoms with van der Waals surface area (Å²) in [5.41, 5.74) is 2.60. The molecule has 1 aliphatic carbocycles. The van der Waals surface area contributed by atoms with Gasteiger partial charge in [0.15, 0.2) is 0 Å². The van der Waals surface area contributed by atoms with Crippen molar-refractivity contribution in [2.45, 2.75) is 39.2 Å². The van der Waals surface area contributed by atoms with Gasteiger partial charge in [-0.1, -0.05) is 24.3 Å². The summed E-state index contributed by atoms with van der Waals surface area (Å²) in [5.74, 6) is 0.789. The maximum absolute atomic E-state index is 8.95. The van der Waals surface area contributed by atoms with Crippen LogP contribution in [0.2, 0.25) is 0 Å². The Hall–Kier alpha value is -1.33. The molecule has 0 heterocycles. The molecule has 90 valence electrons. The van der Waals surface area contributed by atoms with E-state index in [1.165, 1.54) is 24.0 Å². The summed E-state index contributed by atoms with van der Waals surface area (Å²) in [5, 5.41) is 12.3. The van der Waals surface area contributed by atoms with Gasteiger partial charge in [0, 0.05) is 13.1 Å². The standard InChI is InChI=1S/C15H20N2/c1-15(2,10-16)11-17-9-13-5-3-4-6-14(13)12-7-8-12/h3-6,12,17H,7-9,11H2,1-2H3. The Morgan fingerprint density at radius 1 is 1.35 bits per heavy atom. The van der Waals surface area contributed by atoms with Gasteiger partial charge in [-0.25, -0.2) is 0 Å². The molecule has 1 saturated carbocycles. The van der Waals surface area contributed by atoms with Gasteiger partial charge < -0.3 is 5.32 Å². The molecule has 17 heavy (non-hydrogen) atoms. The van der Waals surface area contributed by atoms with E-state index in [1.807, 2.05) is 13.8 Å². The van der Waals surface area contributed by atoms with E-state index in [4.69, 9.17) is 5.26 Å². The molecule has 0 bridgehead atoms. The van der Waals surface area contributed by atoms with Crippen molar-refractivity contribution < 1.29 is 0 Å². The fourth-order valence-electron chi connectivity index (χ4n) is 2.04. The zero-order chi connectivity index (χ0) is 12.3. The molecule has 0 aliphatic heterocycles. The molecule has 2 nitrogen and oxygen atoms in total. The molecule has 1 aromatic rings. The number of hydrogen-bond acceptors (Lipinski definition) is 2. The van der Waals surface area contributed by atoms with E-state index in [2.05, 4.69) is 35.7 Å². The van der Waals surface area contributed by atoms with Crippen LogP contribution in [0, 0.1) is 16.7 Å². The number of rotatable bonds is 5. The van der Waals surface area contributed by atoms with Crippen molar-refractivity contribution in [2.75, 3.05) is 6.54 Å². The highest BCUT2D eigenvalue weighted by molar-refractivity contribution is 5.33. The van der Waals surface area contributed by atoms with Gasteiger partial charge in [0.2, 0.25) is 0 Å². The first-order chi connectivity index (χ1) is 8.12. The topological polar surface area (TPSA) is 35.8 Å². The lowest BCUT2D eigenvalue weighted by atomic mass is 9.95. The van der Waals surface area contributed by atoms with Gasteiger partial charge in [0.1, 0.15) is 0 Å². The van der Waals surface area contributed by atoms with Crippen LogP contribution in [0.25, 0.3) is 0 Å². The third kappa shape index (κ3) is 3.31. The highest BCUT2D eigenvalue weighted by Crippen LogP contribution is 2.41. The van der Waals surface area contributed by atoms with Crippen LogP contribution < -0.4 is 5.32 Å². The molecule has 0 atom stereocenters. The third-order valence-electron chi connectivity index (χ3n) is 3.26. The van der Waals surface area contributed by atoms with E-state index in [1.54, 1.807) is 0 Å². The average Bonchev–Trinajstić information content (AvgIpc) is 3.14. The highest BCUT2D eigenvalue weighted by Gasteiger charge is 2.25. The maximum Gasteiger partial charge on any atom is 0.0697 e. The Bertz CT molecular complexity index is 425. The second-order valence-electron chi connectivity index (χ2n) is 5.57. The van der Waals surface area contributed by atoms with Gasteiger partial charge in [0.25, 0.3) is 0 Å². The lowest BCUT2D eigenvalue weighted by Crippen LogP contribution is -2.28. The Morgan fingerprint density at radius 2 is 2.06 bits per heavy atom. The largest absolute Gasteiger partial charge is 0.311 e. The summed E-state index contributed by atoms with van der Waals surface area (Å²) in [6, 6.07) is 11.0. The second kappa shape index (κ2) is 4.89. The monoisotopic (exact) mass is 228 g/mol. The van der Waals surface area contributed by atoms with Crippen molar-refractivity contribution >= 4 is 0 Å². The minimum absolute atomic E-state index is 0.283. The Balaban J connectivity index is 1.93. The summed E-state index contributed by atoms with van der Waals surface area (Å²) in [6.45, 7) is 5.54. The first kappa shape index (κ1) is 12.1. The minimum atomic E-state index is -0.283. The zero-order valence-corrected chi connectivity index (χ0v) is 10.7. The number of nitriles is 1. The normalized spacial score (nSPS) is 15.6. The summed E-state index contributed by atoms with van der Waals surface area (Å²) in [6.07, 6.45) is 2.67. The molecule has 1 aromatic carbocycles.